The van der Waals surface area contributed by atoms with Gasteiger partial charge >= 0.3 is 5.97 Å². The van der Waals surface area contributed by atoms with Gasteiger partial charge in [-0.25, -0.2) is 0 Å². The van der Waals surface area contributed by atoms with Crippen LogP contribution in [0.1, 0.15) is 65.2 Å². The Balaban J connectivity index is 1.46. The number of piperidine rings is 1. The SMILES string of the molecule is CC(C)C(NC(=O)C12CC3CC(CC(C3)C1)C2)C(=O)N1CCC[C@H](C(=O)O)C1. The number of likely N-dealkylation sites (tertiary alicyclic amines) is 1. The summed E-state index contributed by atoms with van der Waals surface area (Å²) >= 11 is 0. The van der Waals surface area contributed by atoms with Crippen molar-refractivity contribution in [3.63, 3.8) is 0 Å². The zero-order valence-corrected chi connectivity index (χ0v) is 17.2. The molecule has 0 radical (unpaired) electrons. The van der Waals surface area contributed by atoms with E-state index < -0.39 is 17.9 Å². The maximum absolute atomic E-state index is 13.4. The van der Waals surface area contributed by atoms with Crippen molar-refractivity contribution in [2.75, 3.05) is 13.1 Å². The highest BCUT2D eigenvalue weighted by Crippen LogP contribution is 2.60. The molecule has 5 fully saturated rings. The molecule has 5 rings (SSSR count). The quantitative estimate of drug-likeness (QED) is 0.756. The van der Waals surface area contributed by atoms with E-state index in [1.807, 2.05) is 13.8 Å². The monoisotopic (exact) mass is 390 g/mol. The maximum Gasteiger partial charge on any atom is 0.308 e. The van der Waals surface area contributed by atoms with E-state index in [0.29, 0.717) is 37.1 Å². The molecule has 0 aromatic rings. The first-order valence-corrected chi connectivity index (χ1v) is 11.1. The summed E-state index contributed by atoms with van der Waals surface area (Å²) in [6.07, 6.45) is 8.11. The lowest BCUT2D eigenvalue weighted by Gasteiger charge is -2.56. The van der Waals surface area contributed by atoms with E-state index in [1.165, 1.54) is 19.3 Å². The Hall–Kier alpha value is -1.59. The van der Waals surface area contributed by atoms with Crippen molar-refractivity contribution in [1.82, 2.24) is 10.2 Å². The van der Waals surface area contributed by atoms with E-state index in [9.17, 15) is 19.5 Å². The molecular formula is C22H34N2O4. The molecule has 4 saturated carbocycles. The lowest BCUT2D eigenvalue weighted by atomic mass is 9.49. The number of rotatable bonds is 5. The molecule has 156 valence electrons. The van der Waals surface area contributed by atoms with Crippen molar-refractivity contribution in [3.8, 4) is 0 Å². The van der Waals surface area contributed by atoms with Crippen LogP contribution >= 0.6 is 0 Å². The molecule has 28 heavy (non-hydrogen) atoms. The number of hydrogen-bond acceptors (Lipinski definition) is 3. The number of carboxylic acids is 1. The minimum Gasteiger partial charge on any atom is -0.481 e. The normalized spacial score (nSPS) is 37.8. The predicted octanol–water partition coefficient (Wildman–Crippen LogP) is 2.67. The van der Waals surface area contributed by atoms with Crippen molar-refractivity contribution in [2.24, 2.45) is 35.0 Å². The van der Waals surface area contributed by atoms with Crippen LogP contribution in [0.5, 0.6) is 0 Å². The highest BCUT2D eigenvalue weighted by molar-refractivity contribution is 5.91. The number of amides is 2. The second-order valence-electron chi connectivity index (χ2n) is 10.4. The van der Waals surface area contributed by atoms with Crippen LogP contribution in [0.3, 0.4) is 0 Å². The average molecular weight is 391 g/mol. The first-order valence-electron chi connectivity index (χ1n) is 11.1. The van der Waals surface area contributed by atoms with Gasteiger partial charge in [0.25, 0.3) is 0 Å². The van der Waals surface area contributed by atoms with E-state index in [2.05, 4.69) is 5.32 Å². The fourth-order valence-electron chi connectivity index (χ4n) is 6.77. The number of nitrogens with zero attached hydrogens (tertiary/aromatic N) is 1. The molecule has 2 atom stereocenters. The fourth-order valence-corrected chi connectivity index (χ4v) is 6.77. The third kappa shape index (κ3) is 3.55. The third-order valence-corrected chi connectivity index (χ3v) is 7.82. The second kappa shape index (κ2) is 7.34. The van der Waals surface area contributed by atoms with Gasteiger partial charge in [-0.05, 0) is 75.0 Å². The van der Waals surface area contributed by atoms with Crippen LogP contribution in [0, 0.1) is 35.0 Å². The van der Waals surface area contributed by atoms with Crippen LogP contribution in [-0.2, 0) is 14.4 Å². The lowest BCUT2D eigenvalue weighted by Crippen LogP contribution is -2.59. The van der Waals surface area contributed by atoms with Gasteiger partial charge in [-0.1, -0.05) is 13.8 Å². The van der Waals surface area contributed by atoms with Crippen molar-refractivity contribution in [1.29, 1.82) is 0 Å². The van der Waals surface area contributed by atoms with Crippen LogP contribution < -0.4 is 5.32 Å². The highest BCUT2D eigenvalue weighted by Gasteiger charge is 2.55. The first kappa shape index (κ1) is 19.7. The molecule has 2 amide bonds. The molecule has 6 nitrogen and oxygen atoms in total. The molecule has 1 heterocycles. The van der Waals surface area contributed by atoms with Gasteiger partial charge in [-0.3, -0.25) is 14.4 Å². The van der Waals surface area contributed by atoms with Crippen LogP contribution in [0.4, 0.5) is 0 Å². The molecule has 0 aromatic carbocycles. The Morgan fingerprint density at radius 2 is 1.61 bits per heavy atom. The molecule has 5 aliphatic rings. The van der Waals surface area contributed by atoms with Gasteiger partial charge in [-0.15, -0.1) is 0 Å². The first-order chi connectivity index (χ1) is 13.3. The summed E-state index contributed by atoms with van der Waals surface area (Å²) in [6.45, 7) is 4.76. The topological polar surface area (TPSA) is 86.7 Å². The molecule has 4 bridgehead atoms. The molecule has 0 spiro atoms. The molecule has 1 saturated heterocycles. The van der Waals surface area contributed by atoms with E-state index in [1.54, 1.807) is 4.90 Å². The lowest BCUT2D eigenvalue weighted by molar-refractivity contribution is -0.152. The third-order valence-electron chi connectivity index (χ3n) is 7.82. The highest BCUT2D eigenvalue weighted by atomic mass is 16.4. The zero-order valence-electron chi connectivity index (χ0n) is 17.2. The Labute approximate surface area is 167 Å². The molecule has 0 aromatic heterocycles. The van der Waals surface area contributed by atoms with Crippen molar-refractivity contribution in [2.45, 2.75) is 71.3 Å². The smallest absolute Gasteiger partial charge is 0.308 e. The van der Waals surface area contributed by atoms with Crippen LogP contribution in [0.2, 0.25) is 0 Å². The predicted molar refractivity (Wildman–Crippen MR) is 104 cm³/mol. The van der Waals surface area contributed by atoms with Gasteiger partial charge in [0.2, 0.25) is 11.8 Å². The summed E-state index contributed by atoms with van der Waals surface area (Å²) in [5, 5.41) is 12.5. The zero-order chi connectivity index (χ0) is 20.1. The summed E-state index contributed by atoms with van der Waals surface area (Å²) in [5.74, 6) is 0.663. The van der Waals surface area contributed by atoms with E-state index in [-0.39, 0.29) is 29.7 Å². The largest absolute Gasteiger partial charge is 0.481 e. The Morgan fingerprint density at radius 3 is 2.11 bits per heavy atom. The summed E-state index contributed by atoms with van der Waals surface area (Å²) in [6, 6.07) is -0.562. The number of carboxylic acid groups (broad SMARTS) is 1. The van der Waals surface area contributed by atoms with Crippen LogP contribution in [-0.4, -0.2) is 46.9 Å². The standard InChI is InChI=1S/C22H34N2O4/c1-13(2)18(19(25)24-5-3-4-17(12-24)20(26)27)23-21(28)22-9-14-6-15(10-22)8-16(7-14)11-22/h13-18H,3-12H2,1-2H3,(H,23,28)(H,26,27)/t14?,15?,16?,17-,18?,22?/m0/s1. The van der Waals surface area contributed by atoms with Gasteiger partial charge in [-0.2, -0.15) is 0 Å². The van der Waals surface area contributed by atoms with E-state index in [0.717, 1.165) is 19.3 Å². The van der Waals surface area contributed by atoms with E-state index >= 15 is 0 Å². The molecule has 1 unspecified atom stereocenters. The molecule has 4 aliphatic carbocycles. The summed E-state index contributed by atoms with van der Waals surface area (Å²) in [5.41, 5.74) is -0.270. The van der Waals surface area contributed by atoms with Crippen molar-refractivity contribution >= 4 is 17.8 Å². The Bertz CT molecular complexity index is 624. The number of nitrogens with one attached hydrogen (secondary N) is 1. The Kier molecular flexibility index (Phi) is 5.17. The van der Waals surface area contributed by atoms with Gasteiger partial charge < -0.3 is 15.3 Å². The fraction of sp³-hybridized carbons (Fsp3) is 0.864. The second-order valence-corrected chi connectivity index (χ2v) is 10.4. The maximum atomic E-state index is 13.4. The number of hydrogen-bond donors (Lipinski definition) is 2. The minimum absolute atomic E-state index is 0.0180. The summed E-state index contributed by atoms with van der Waals surface area (Å²) < 4.78 is 0. The van der Waals surface area contributed by atoms with Crippen molar-refractivity contribution < 1.29 is 19.5 Å². The number of carbonyl (C=O) groups excluding carboxylic acids is 2. The van der Waals surface area contributed by atoms with Gasteiger partial charge in [0.1, 0.15) is 6.04 Å². The Morgan fingerprint density at radius 1 is 1.04 bits per heavy atom. The van der Waals surface area contributed by atoms with Gasteiger partial charge in [0, 0.05) is 18.5 Å². The summed E-state index contributed by atoms with van der Waals surface area (Å²) in [4.78, 5) is 39.6. The van der Waals surface area contributed by atoms with Crippen molar-refractivity contribution in [3.05, 3.63) is 0 Å². The van der Waals surface area contributed by atoms with Gasteiger partial charge in [0.15, 0.2) is 0 Å². The number of carbonyl (C=O) groups is 3. The molecular weight excluding hydrogens is 356 g/mol. The summed E-state index contributed by atoms with van der Waals surface area (Å²) in [7, 11) is 0. The minimum atomic E-state index is -0.837. The molecule has 6 heteroatoms. The molecule has 1 aliphatic heterocycles. The van der Waals surface area contributed by atoms with Crippen LogP contribution in [0.15, 0.2) is 0 Å². The average Bonchev–Trinajstić information content (AvgIpc) is 2.64. The van der Waals surface area contributed by atoms with Crippen LogP contribution in [0.25, 0.3) is 0 Å². The van der Waals surface area contributed by atoms with Gasteiger partial charge in [0.05, 0.1) is 5.92 Å². The number of aliphatic carboxylic acids is 1. The van der Waals surface area contributed by atoms with E-state index in [4.69, 9.17) is 0 Å². The molecule has 2 N–H and O–H groups in total.